The fraction of sp³-hybridized carbons (Fsp3) is 0.364. The lowest BCUT2D eigenvalue weighted by atomic mass is 10.1. The lowest BCUT2D eigenvalue weighted by Gasteiger charge is -2.20. The van der Waals surface area contributed by atoms with Crippen molar-refractivity contribution in [1.29, 1.82) is 0 Å². The van der Waals surface area contributed by atoms with E-state index in [9.17, 15) is 18.0 Å². The fourth-order valence-corrected chi connectivity index (χ4v) is 5.26. The molecule has 1 N–H and O–H groups in total. The maximum Gasteiger partial charge on any atom is 0.307 e. The van der Waals surface area contributed by atoms with Gasteiger partial charge in [0, 0.05) is 12.0 Å². The molecule has 8 heteroatoms. The van der Waals surface area contributed by atoms with Gasteiger partial charge >= 0.3 is 5.97 Å². The van der Waals surface area contributed by atoms with Crippen molar-refractivity contribution >= 4 is 27.4 Å². The Morgan fingerprint density at radius 3 is 2.47 bits per heavy atom. The van der Waals surface area contributed by atoms with Crippen LogP contribution in [0.3, 0.4) is 0 Å². The molecule has 1 amide bonds. The van der Waals surface area contributed by atoms with Gasteiger partial charge in [-0.1, -0.05) is 42.5 Å². The van der Waals surface area contributed by atoms with Gasteiger partial charge in [0.1, 0.15) is 5.75 Å². The van der Waals surface area contributed by atoms with E-state index in [-0.39, 0.29) is 23.8 Å². The monoisotopic (exact) mass is 431 g/mol. The molecule has 0 aliphatic carbocycles. The molecule has 0 radical (unpaired) electrons. The van der Waals surface area contributed by atoms with Gasteiger partial charge in [-0.15, -0.1) is 0 Å². The second kappa shape index (κ2) is 9.75. The maximum atomic E-state index is 13.0. The van der Waals surface area contributed by atoms with Gasteiger partial charge in [-0.3, -0.25) is 9.59 Å². The van der Waals surface area contributed by atoms with E-state index in [0.717, 1.165) is 0 Å². The number of ether oxygens (including phenoxy) is 2. The van der Waals surface area contributed by atoms with E-state index in [1.54, 1.807) is 54.6 Å². The Morgan fingerprint density at radius 1 is 1.10 bits per heavy atom. The molecule has 2 aromatic rings. The summed E-state index contributed by atoms with van der Waals surface area (Å²) in [5, 5.41) is 2.77. The zero-order valence-electron chi connectivity index (χ0n) is 16.7. The van der Waals surface area contributed by atoms with Crippen molar-refractivity contribution < 1.29 is 27.5 Å². The predicted molar refractivity (Wildman–Crippen MR) is 113 cm³/mol. The van der Waals surface area contributed by atoms with Crippen molar-refractivity contribution in [3.8, 4) is 5.75 Å². The molecule has 1 saturated heterocycles. The van der Waals surface area contributed by atoms with Crippen molar-refractivity contribution in [3.63, 3.8) is 0 Å². The van der Waals surface area contributed by atoms with Crippen LogP contribution in [0, 0.1) is 5.92 Å². The van der Waals surface area contributed by atoms with Crippen LogP contribution in [0.2, 0.25) is 0 Å². The molecule has 2 atom stereocenters. The Kier molecular flexibility index (Phi) is 7.10. The Morgan fingerprint density at radius 2 is 1.80 bits per heavy atom. The summed E-state index contributed by atoms with van der Waals surface area (Å²) in [6.45, 7) is 2.28. The zero-order chi connectivity index (χ0) is 21.6. The molecule has 0 saturated carbocycles. The third-order valence-corrected chi connectivity index (χ3v) is 6.65. The molecule has 3 rings (SSSR count). The number of esters is 1. The van der Waals surface area contributed by atoms with Crippen LogP contribution in [-0.2, 0) is 24.2 Å². The molecule has 160 valence electrons. The van der Waals surface area contributed by atoms with Crippen LogP contribution in [0.5, 0.6) is 5.75 Å². The summed E-state index contributed by atoms with van der Waals surface area (Å²) in [5.74, 6) is -0.809. The van der Waals surface area contributed by atoms with Gasteiger partial charge in [0.25, 0.3) is 5.91 Å². The highest BCUT2D eigenvalue weighted by Crippen LogP contribution is 2.28. The Bertz CT molecular complexity index is 990. The fourth-order valence-electron chi connectivity index (χ4n) is 3.40. The van der Waals surface area contributed by atoms with E-state index < -0.39 is 27.8 Å². The molecule has 1 aliphatic heterocycles. The highest BCUT2D eigenvalue weighted by molar-refractivity contribution is 7.91. The normalized spacial score (nSPS) is 18.4. The molecule has 0 aromatic heterocycles. The number of benzene rings is 2. The Labute approximate surface area is 176 Å². The molecule has 30 heavy (non-hydrogen) atoms. The summed E-state index contributed by atoms with van der Waals surface area (Å²) in [7, 11) is -3.09. The zero-order valence-corrected chi connectivity index (χ0v) is 17.6. The van der Waals surface area contributed by atoms with Crippen molar-refractivity contribution in [3.05, 3.63) is 60.2 Å². The standard InChI is InChI=1S/C22H25NO6S/c1-2-28-19-11-7-6-10-18(19)23-22(25)21(17-8-4-3-5-9-17)29-20(24)14-16-12-13-30(26,27)15-16/h3-11,16,21H,2,12-15H2,1H3,(H,23,25). The van der Waals surface area contributed by atoms with E-state index in [1.807, 2.05) is 6.92 Å². The number of hydrogen-bond acceptors (Lipinski definition) is 6. The number of amides is 1. The van der Waals surface area contributed by atoms with Gasteiger partial charge in [-0.2, -0.15) is 0 Å². The van der Waals surface area contributed by atoms with Gasteiger partial charge < -0.3 is 14.8 Å². The first-order valence-corrected chi connectivity index (χ1v) is 11.7. The van der Waals surface area contributed by atoms with E-state index in [0.29, 0.717) is 30.0 Å². The first-order valence-electron chi connectivity index (χ1n) is 9.85. The largest absolute Gasteiger partial charge is 0.492 e. The number of nitrogens with one attached hydrogen (secondary N) is 1. The van der Waals surface area contributed by atoms with Crippen molar-refractivity contribution in [2.24, 2.45) is 5.92 Å². The van der Waals surface area contributed by atoms with Crippen LogP contribution in [0.25, 0.3) is 0 Å². The third-order valence-electron chi connectivity index (χ3n) is 4.82. The van der Waals surface area contributed by atoms with Crippen LogP contribution in [0.1, 0.15) is 31.4 Å². The molecule has 1 heterocycles. The summed E-state index contributed by atoms with van der Waals surface area (Å²) in [6.07, 6.45) is -0.765. The summed E-state index contributed by atoms with van der Waals surface area (Å²) in [5.41, 5.74) is 1.000. The van der Waals surface area contributed by atoms with Gasteiger partial charge in [-0.25, -0.2) is 8.42 Å². The quantitative estimate of drug-likeness (QED) is 0.645. The second-order valence-electron chi connectivity index (χ2n) is 7.17. The number of rotatable bonds is 8. The minimum Gasteiger partial charge on any atom is -0.492 e. The van der Waals surface area contributed by atoms with Crippen LogP contribution in [-0.4, -0.2) is 38.4 Å². The lowest BCUT2D eigenvalue weighted by Crippen LogP contribution is -2.27. The van der Waals surface area contributed by atoms with Crippen LogP contribution in [0.15, 0.2) is 54.6 Å². The van der Waals surface area contributed by atoms with E-state index in [2.05, 4.69) is 5.32 Å². The van der Waals surface area contributed by atoms with E-state index in [1.165, 1.54) is 0 Å². The third kappa shape index (κ3) is 5.82. The second-order valence-corrected chi connectivity index (χ2v) is 9.40. The molecule has 1 aliphatic rings. The van der Waals surface area contributed by atoms with Gasteiger partial charge in [-0.05, 0) is 31.4 Å². The maximum absolute atomic E-state index is 13.0. The van der Waals surface area contributed by atoms with Crippen LogP contribution < -0.4 is 10.1 Å². The van der Waals surface area contributed by atoms with Crippen molar-refractivity contribution in [1.82, 2.24) is 0 Å². The molecular weight excluding hydrogens is 406 g/mol. The van der Waals surface area contributed by atoms with E-state index in [4.69, 9.17) is 9.47 Å². The van der Waals surface area contributed by atoms with Gasteiger partial charge in [0.05, 0.1) is 23.8 Å². The van der Waals surface area contributed by atoms with Crippen LogP contribution >= 0.6 is 0 Å². The first-order chi connectivity index (χ1) is 14.4. The average Bonchev–Trinajstić information content (AvgIpc) is 3.06. The number of carbonyl (C=O) groups excluding carboxylic acids is 2. The number of carbonyl (C=O) groups is 2. The predicted octanol–water partition coefficient (Wildman–Crippen LogP) is 3.13. The summed E-state index contributed by atoms with van der Waals surface area (Å²) in [4.78, 5) is 25.5. The number of para-hydroxylation sites is 2. The Hall–Kier alpha value is -2.87. The topological polar surface area (TPSA) is 98.8 Å². The molecule has 2 unspecified atom stereocenters. The van der Waals surface area contributed by atoms with Gasteiger partial charge in [0.15, 0.2) is 9.84 Å². The molecule has 0 bridgehead atoms. The van der Waals surface area contributed by atoms with E-state index >= 15 is 0 Å². The van der Waals surface area contributed by atoms with Crippen LogP contribution in [0.4, 0.5) is 5.69 Å². The van der Waals surface area contributed by atoms with Gasteiger partial charge in [0.2, 0.25) is 6.10 Å². The Balaban J connectivity index is 1.74. The molecule has 2 aromatic carbocycles. The average molecular weight is 432 g/mol. The summed E-state index contributed by atoms with van der Waals surface area (Å²) < 4.78 is 34.3. The van der Waals surface area contributed by atoms with Crippen molar-refractivity contribution in [2.75, 3.05) is 23.4 Å². The van der Waals surface area contributed by atoms with Crippen molar-refractivity contribution in [2.45, 2.75) is 25.9 Å². The highest BCUT2D eigenvalue weighted by Gasteiger charge is 2.32. The SMILES string of the molecule is CCOc1ccccc1NC(=O)C(OC(=O)CC1CCS(=O)(=O)C1)c1ccccc1. The minimum absolute atomic E-state index is 0.0218. The first kappa shape index (κ1) is 21.8. The molecule has 0 spiro atoms. The molecular formula is C22H25NO6S. The number of hydrogen-bond donors (Lipinski definition) is 1. The number of anilines is 1. The minimum atomic E-state index is -3.09. The summed E-state index contributed by atoms with van der Waals surface area (Å²) >= 11 is 0. The lowest BCUT2D eigenvalue weighted by molar-refractivity contribution is -0.155. The molecule has 7 nitrogen and oxygen atoms in total. The smallest absolute Gasteiger partial charge is 0.307 e. The molecule has 1 fully saturated rings. The number of sulfone groups is 1. The highest BCUT2D eigenvalue weighted by atomic mass is 32.2. The summed E-state index contributed by atoms with van der Waals surface area (Å²) in [6, 6.07) is 15.7.